The van der Waals surface area contributed by atoms with Crippen molar-refractivity contribution in [1.29, 1.82) is 0 Å². The van der Waals surface area contributed by atoms with Crippen LogP contribution in [0.5, 0.6) is 5.75 Å². The monoisotopic (exact) mass is 312 g/mol. The number of likely N-dealkylation sites (tertiary alicyclic amines) is 1. The minimum atomic E-state index is -3.94. The molecule has 1 saturated heterocycles. The smallest absolute Gasteiger partial charge is 0.254 e. The first-order chi connectivity index (χ1) is 9.84. The molecule has 0 aromatic heterocycles. The van der Waals surface area contributed by atoms with Crippen LogP contribution in [-0.4, -0.2) is 38.9 Å². The maximum atomic E-state index is 12.5. The average molecular weight is 312 g/mol. The molecule has 1 atom stereocenters. The van der Waals surface area contributed by atoms with Gasteiger partial charge in [0.1, 0.15) is 10.6 Å². The Bertz CT molecular complexity index is 642. The molecule has 0 bridgehead atoms. The van der Waals surface area contributed by atoms with Crippen molar-refractivity contribution in [2.45, 2.75) is 37.1 Å². The Morgan fingerprint density at radius 2 is 2.10 bits per heavy atom. The molecule has 1 amide bonds. The highest BCUT2D eigenvalue weighted by Gasteiger charge is 2.26. The van der Waals surface area contributed by atoms with Crippen LogP contribution in [0.1, 0.15) is 36.5 Å². The van der Waals surface area contributed by atoms with E-state index in [9.17, 15) is 13.2 Å². The summed E-state index contributed by atoms with van der Waals surface area (Å²) in [6, 6.07) is 4.47. The zero-order chi connectivity index (χ0) is 15.6. The van der Waals surface area contributed by atoms with Gasteiger partial charge < -0.3 is 9.64 Å². The summed E-state index contributed by atoms with van der Waals surface area (Å²) in [6.07, 6.45) is 3.04. The zero-order valence-electron chi connectivity index (χ0n) is 12.2. The van der Waals surface area contributed by atoms with Crippen LogP contribution in [0.3, 0.4) is 0 Å². The van der Waals surface area contributed by atoms with Gasteiger partial charge in [-0.1, -0.05) is 0 Å². The molecule has 6 nitrogen and oxygen atoms in total. The Labute approximate surface area is 124 Å². The summed E-state index contributed by atoms with van der Waals surface area (Å²) in [7, 11) is -2.58. The van der Waals surface area contributed by atoms with Gasteiger partial charge in [-0.2, -0.15) is 0 Å². The number of carbonyl (C=O) groups is 1. The van der Waals surface area contributed by atoms with Crippen LogP contribution in [0.2, 0.25) is 0 Å². The van der Waals surface area contributed by atoms with Gasteiger partial charge in [0.2, 0.25) is 10.0 Å². The Hall–Kier alpha value is -1.60. The number of hydrogen-bond donors (Lipinski definition) is 1. The predicted octanol–water partition coefficient (Wildman–Crippen LogP) is 1.36. The molecule has 0 saturated carbocycles. The summed E-state index contributed by atoms with van der Waals surface area (Å²) in [5.74, 6) is -0.0319. The lowest BCUT2D eigenvalue weighted by Gasteiger charge is -2.33. The highest BCUT2D eigenvalue weighted by atomic mass is 32.2. The van der Waals surface area contributed by atoms with Crippen molar-refractivity contribution in [3.05, 3.63) is 23.8 Å². The van der Waals surface area contributed by atoms with Crippen molar-refractivity contribution in [1.82, 2.24) is 4.90 Å². The summed E-state index contributed by atoms with van der Waals surface area (Å²) in [6.45, 7) is 2.69. The van der Waals surface area contributed by atoms with E-state index in [0.29, 0.717) is 12.1 Å². The summed E-state index contributed by atoms with van der Waals surface area (Å²) >= 11 is 0. The first-order valence-electron chi connectivity index (χ1n) is 6.86. The number of benzene rings is 1. The van der Waals surface area contributed by atoms with Crippen LogP contribution >= 0.6 is 0 Å². The van der Waals surface area contributed by atoms with Crippen molar-refractivity contribution in [3.8, 4) is 5.75 Å². The molecule has 2 N–H and O–H groups in total. The van der Waals surface area contributed by atoms with Gasteiger partial charge in [-0.15, -0.1) is 0 Å². The third-order valence-electron chi connectivity index (χ3n) is 3.78. The Kier molecular flexibility index (Phi) is 4.53. The van der Waals surface area contributed by atoms with E-state index in [1.165, 1.54) is 19.2 Å². The lowest BCUT2D eigenvalue weighted by molar-refractivity contribution is 0.0635. The number of rotatable bonds is 3. The molecule has 0 radical (unpaired) electrons. The lowest BCUT2D eigenvalue weighted by Crippen LogP contribution is -2.42. The van der Waals surface area contributed by atoms with Crippen molar-refractivity contribution >= 4 is 15.9 Å². The second kappa shape index (κ2) is 6.03. The zero-order valence-corrected chi connectivity index (χ0v) is 13.0. The fourth-order valence-electron chi connectivity index (χ4n) is 2.60. The molecule has 21 heavy (non-hydrogen) atoms. The topological polar surface area (TPSA) is 89.7 Å². The van der Waals surface area contributed by atoms with E-state index < -0.39 is 10.0 Å². The van der Waals surface area contributed by atoms with E-state index in [1.807, 2.05) is 6.92 Å². The first-order valence-corrected chi connectivity index (χ1v) is 8.41. The molecule has 1 unspecified atom stereocenters. The molecule has 1 heterocycles. The van der Waals surface area contributed by atoms with Crippen LogP contribution in [0, 0.1) is 0 Å². The first kappa shape index (κ1) is 15.8. The molecular weight excluding hydrogens is 292 g/mol. The normalized spacial score (nSPS) is 19.4. The van der Waals surface area contributed by atoms with Gasteiger partial charge in [0, 0.05) is 18.2 Å². The molecule has 1 aliphatic heterocycles. The van der Waals surface area contributed by atoms with E-state index in [4.69, 9.17) is 9.88 Å². The molecule has 2 rings (SSSR count). The SMILES string of the molecule is COc1ccc(C(=O)N2CCCCC2C)cc1S(N)(=O)=O. The van der Waals surface area contributed by atoms with Crippen molar-refractivity contribution in [2.75, 3.05) is 13.7 Å². The van der Waals surface area contributed by atoms with E-state index in [-0.39, 0.29) is 22.6 Å². The van der Waals surface area contributed by atoms with Crippen LogP contribution < -0.4 is 9.88 Å². The summed E-state index contributed by atoms with van der Waals surface area (Å²) in [5, 5.41) is 5.18. The Morgan fingerprint density at radius 1 is 1.38 bits per heavy atom. The number of nitrogens with zero attached hydrogens (tertiary/aromatic N) is 1. The second-order valence-corrected chi connectivity index (χ2v) is 6.78. The van der Waals surface area contributed by atoms with Gasteiger partial charge in [0.05, 0.1) is 7.11 Å². The van der Waals surface area contributed by atoms with E-state index in [1.54, 1.807) is 11.0 Å². The summed E-state index contributed by atoms with van der Waals surface area (Å²) in [5.41, 5.74) is 0.313. The number of ether oxygens (including phenoxy) is 1. The van der Waals surface area contributed by atoms with E-state index >= 15 is 0 Å². The quantitative estimate of drug-likeness (QED) is 0.912. The minimum Gasteiger partial charge on any atom is -0.495 e. The summed E-state index contributed by atoms with van der Waals surface area (Å²) in [4.78, 5) is 14.1. The Morgan fingerprint density at radius 3 is 2.67 bits per heavy atom. The highest BCUT2D eigenvalue weighted by molar-refractivity contribution is 7.89. The van der Waals surface area contributed by atoms with Crippen molar-refractivity contribution < 1.29 is 17.9 Å². The molecule has 116 valence electrons. The molecule has 0 spiro atoms. The summed E-state index contributed by atoms with van der Waals surface area (Å²) < 4.78 is 28.2. The molecular formula is C14H20N2O4S. The van der Waals surface area contributed by atoms with Gasteiger partial charge in [-0.25, -0.2) is 13.6 Å². The third kappa shape index (κ3) is 3.36. The van der Waals surface area contributed by atoms with Crippen LogP contribution in [0.15, 0.2) is 23.1 Å². The Balaban J connectivity index is 2.38. The standard InChI is InChI=1S/C14H20N2O4S/c1-10-5-3-4-8-16(10)14(17)11-6-7-12(20-2)13(9-11)21(15,18)19/h6-7,9-10H,3-5,8H2,1-2H3,(H2,15,18,19). The van der Waals surface area contributed by atoms with Gasteiger partial charge in [-0.05, 0) is 44.4 Å². The van der Waals surface area contributed by atoms with Gasteiger partial charge in [0.25, 0.3) is 5.91 Å². The number of primary sulfonamides is 1. The van der Waals surface area contributed by atoms with Crippen molar-refractivity contribution in [3.63, 3.8) is 0 Å². The minimum absolute atomic E-state index is 0.140. The molecule has 1 fully saturated rings. The number of sulfonamides is 1. The second-order valence-electron chi connectivity index (χ2n) is 5.25. The number of hydrogen-bond acceptors (Lipinski definition) is 4. The van der Waals surface area contributed by atoms with Crippen LogP contribution in [0.4, 0.5) is 0 Å². The molecule has 0 aliphatic carbocycles. The highest BCUT2D eigenvalue weighted by Crippen LogP contribution is 2.26. The number of carbonyl (C=O) groups excluding carboxylic acids is 1. The van der Waals surface area contributed by atoms with Gasteiger partial charge >= 0.3 is 0 Å². The van der Waals surface area contributed by atoms with Gasteiger partial charge in [0.15, 0.2) is 0 Å². The van der Waals surface area contributed by atoms with Gasteiger partial charge in [-0.3, -0.25) is 4.79 Å². The number of nitrogens with two attached hydrogens (primary N) is 1. The largest absolute Gasteiger partial charge is 0.495 e. The molecule has 1 aliphatic rings. The van der Waals surface area contributed by atoms with Crippen LogP contribution in [-0.2, 0) is 10.0 Å². The van der Waals surface area contributed by atoms with Crippen molar-refractivity contribution in [2.24, 2.45) is 5.14 Å². The number of amides is 1. The van der Waals surface area contributed by atoms with E-state index in [0.717, 1.165) is 19.3 Å². The number of methoxy groups -OCH3 is 1. The molecule has 1 aromatic carbocycles. The number of piperidine rings is 1. The average Bonchev–Trinajstić information content (AvgIpc) is 2.45. The maximum Gasteiger partial charge on any atom is 0.254 e. The fourth-order valence-corrected chi connectivity index (χ4v) is 3.32. The predicted molar refractivity (Wildman–Crippen MR) is 78.7 cm³/mol. The third-order valence-corrected chi connectivity index (χ3v) is 4.71. The maximum absolute atomic E-state index is 12.5. The fraction of sp³-hybridized carbons (Fsp3) is 0.500. The van der Waals surface area contributed by atoms with Crippen LogP contribution in [0.25, 0.3) is 0 Å². The van der Waals surface area contributed by atoms with E-state index in [2.05, 4.69) is 0 Å². The lowest BCUT2D eigenvalue weighted by atomic mass is 10.0. The molecule has 1 aromatic rings. The molecule has 7 heteroatoms.